The predicted octanol–water partition coefficient (Wildman–Crippen LogP) is 0.933. The molecule has 0 radical (unpaired) electrons. The van der Waals surface area contributed by atoms with Crippen LogP contribution < -0.4 is 10.6 Å². The number of likely N-dealkylation sites (N-methyl/N-ethyl adjacent to an activating group) is 1. The monoisotopic (exact) mass is 549 g/mol. The molecule has 1 aliphatic rings. The standard InChI is InChI=1S/C21H39N7O2.HI/c1-17-19(18(2)27(5)25-17)8-6-9-22-21(24-16-20(29)26(3)4)23-10-7-11-28-12-14-30-15-13-28;/h6-16H2,1-5H3,(H2,22,23,24);1H. The van der Waals surface area contributed by atoms with Crippen LogP contribution in [0.15, 0.2) is 4.99 Å². The van der Waals surface area contributed by atoms with Crippen LogP contribution >= 0.6 is 24.0 Å². The van der Waals surface area contributed by atoms with Crippen LogP contribution in [0, 0.1) is 13.8 Å². The van der Waals surface area contributed by atoms with Gasteiger partial charge in [0.1, 0.15) is 6.54 Å². The Morgan fingerprint density at radius 3 is 2.39 bits per heavy atom. The minimum atomic E-state index is -0.00831. The van der Waals surface area contributed by atoms with Crippen molar-refractivity contribution in [1.82, 2.24) is 30.2 Å². The van der Waals surface area contributed by atoms with E-state index in [9.17, 15) is 4.79 Å². The number of morpholine rings is 1. The Morgan fingerprint density at radius 1 is 1.16 bits per heavy atom. The molecule has 0 unspecified atom stereocenters. The van der Waals surface area contributed by atoms with E-state index in [4.69, 9.17) is 4.74 Å². The SMILES string of the molecule is Cc1nn(C)c(C)c1CCCNC(=NCC(=O)N(C)C)NCCCN1CCOCC1.I. The zero-order valence-corrected chi connectivity index (χ0v) is 22.1. The molecule has 1 aromatic rings. The fourth-order valence-corrected chi connectivity index (χ4v) is 3.45. The van der Waals surface area contributed by atoms with Crippen LogP contribution in [0.2, 0.25) is 0 Å². The summed E-state index contributed by atoms with van der Waals surface area (Å²) in [6.07, 6.45) is 2.97. The summed E-state index contributed by atoms with van der Waals surface area (Å²) in [4.78, 5) is 20.4. The second-order valence-corrected chi connectivity index (χ2v) is 7.99. The molecule has 0 aliphatic carbocycles. The third-order valence-electron chi connectivity index (χ3n) is 5.47. The molecule has 31 heavy (non-hydrogen) atoms. The minimum absolute atomic E-state index is 0. The van der Waals surface area contributed by atoms with E-state index in [-0.39, 0.29) is 36.4 Å². The second kappa shape index (κ2) is 14.6. The average molecular weight is 550 g/mol. The number of amides is 1. The summed E-state index contributed by atoms with van der Waals surface area (Å²) in [7, 11) is 5.48. The lowest BCUT2D eigenvalue weighted by molar-refractivity contribution is -0.127. The first-order chi connectivity index (χ1) is 14.4. The van der Waals surface area contributed by atoms with Crippen molar-refractivity contribution >= 4 is 35.8 Å². The van der Waals surface area contributed by atoms with Gasteiger partial charge in [-0.25, -0.2) is 4.99 Å². The van der Waals surface area contributed by atoms with Gasteiger partial charge in [0.25, 0.3) is 0 Å². The molecule has 2 N–H and O–H groups in total. The lowest BCUT2D eigenvalue weighted by Gasteiger charge is -2.26. The number of carbonyl (C=O) groups excluding carboxylic acids is 1. The number of hydrogen-bond acceptors (Lipinski definition) is 5. The Kier molecular flexibility index (Phi) is 13.0. The van der Waals surface area contributed by atoms with E-state index in [2.05, 4.69) is 39.5 Å². The maximum Gasteiger partial charge on any atom is 0.243 e. The van der Waals surface area contributed by atoms with Crippen molar-refractivity contribution in [3.63, 3.8) is 0 Å². The fraction of sp³-hybridized carbons (Fsp3) is 0.762. The Hall–Kier alpha value is -1.40. The van der Waals surface area contributed by atoms with Crippen LogP contribution in [0.1, 0.15) is 29.8 Å². The van der Waals surface area contributed by atoms with Gasteiger partial charge in [-0.3, -0.25) is 14.4 Å². The van der Waals surface area contributed by atoms with Gasteiger partial charge in [0.05, 0.1) is 18.9 Å². The number of aromatic nitrogens is 2. The van der Waals surface area contributed by atoms with Gasteiger partial charge in [-0.2, -0.15) is 5.10 Å². The molecule has 1 aliphatic heterocycles. The molecule has 0 spiro atoms. The minimum Gasteiger partial charge on any atom is -0.379 e. The van der Waals surface area contributed by atoms with Crippen molar-refractivity contribution in [3.8, 4) is 0 Å². The highest BCUT2D eigenvalue weighted by Crippen LogP contribution is 2.13. The van der Waals surface area contributed by atoms with E-state index in [0.29, 0.717) is 5.96 Å². The van der Waals surface area contributed by atoms with Crippen molar-refractivity contribution in [2.45, 2.75) is 33.1 Å². The van der Waals surface area contributed by atoms with Gasteiger partial charge in [-0.15, -0.1) is 24.0 Å². The lowest BCUT2D eigenvalue weighted by atomic mass is 10.1. The third-order valence-corrected chi connectivity index (χ3v) is 5.47. The zero-order chi connectivity index (χ0) is 21.9. The van der Waals surface area contributed by atoms with E-state index in [0.717, 1.165) is 70.9 Å². The molecule has 178 valence electrons. The first kappa shape index (κ1) is 27.6. The topological polar surface area (TPSA) is 87.0 Å². The summed E-state index contributed by atoms with van der Waals surface area (Å²) in [5.74, 6) is 0.692. The van der Waals surface area contributed by atoms with E-state index in [1.165, 1.54) is 11.3 Å². The van der Waals surface area contributed by atoms with Gasteiger partial charge in [-0.05, 0) is 45.2 Å². The normalized spacial score (nSPS) is 14.8. The van der Waals surface area contributed by atoms with Crippen molar-refractivity contribution in [3.05, 3.63) is 17.0 Å². The molecule has 1 saturated heterocycles. The molecule has 2 heterocycles. The molecule has 1 aromatic heterocycles. The number of nitrogens with one attached hydrogen (secondary N) is 2. The molecule has 1 amide bonds. The van der Waals surface area contributed by atoms with Gasteiger partial charge < -0.3 is 20.3 Å². The molecule has 0 aromatic carbocycles. The summed E-state index contributed by atoms with van der Waals surface area (Å²) >= 11 is 0. The Bertz CT molecular complexity index is 700. The number of nitrogens with zero attached hydrogens (tertiary/aromatic N) is 5. The number of halogens is 1. The maximum absolute atomic E-state index is 11.9. The fourth-order valence-electron chi connectivity index (χ4n) is 3.45. The summed E-state index contributed by atoms with van der Waals surface area (Å²) in [5.41, 5.74) is 3.64. The number of aryl methyl sites for hydroxylation is 2. The number of carbonyl (C=O) groups is 1. The Labute approximate surface area is 204 Å². The molecule has 9 nitrogen and oxygen atoms in total. The number of guanidine groups is 1. The van der Waals surface area contributed by atoms with Crippen LogP contribution in [-0.2, 0) is 23.0 Å². The van der Waals surface area contributed by atoms with Crippen LogP contribution in [0.3, 0.4) is 0 Å². The van der Waals surface area contributed by atoms with Crippen LogP contribution in [0.4, 0.5) is 0 Å². The average Bonchev–Trinajstić information content (AvgIpc) is 2.97. The Morgan fingerprint density at radius 2 is 1.81 bits per heavy atom. The van der Waals surface area contributed by atoms with E-state index >= 15 is 0 Å². The first-order valence-electron chi connectivity index (χ1n) is 10.9. The van der Waals surface area contributed by atoms with Gasteiger partial charge >= 0.3 is 0 Å². The number of ether oxygens (including phenoxy) is 1. The molecule has 0 saturated carbocycles. The van der Waals surface area contributed by atoms with E-state index in [1.807, 2.05) is 11.7 Å². The molecular formula is C21H40IN7O2. The number of aliphatic imine (C=N–C) groups is 1. The number of hydrogen-bond donors (Lipinski definition) is 2. The van der Waals surface area contributed by atoms with Crippen molar-refractivity contribution < 1.29 is 9.53 Å². The lowest BCUT2D eigenvalue weighted by Crippen LogP contribution is -2.41. The molecule has 1 fully saturated rings. The first-order valence-corrected chi connectivity index (χ1v) is 10.9. The van der Waals surface area contributed by atoms with Crippen LogP contribution in [0.5, 0.6) is 0 Å². The van der Waals surface area contributed by atoms with Gasteiger partial charge in [0.2, 0.25) is 5.91 Å². The van der Waals surface area contributed by atoms with Crippen molar-refractivity contribution in [2.75, 3.05) is 66.6 Å². The second-order valence-electron chi connectivity index (χ2n) is 7.99. The van der Waals surface area contributed by atoms with Gasteiger partial charge in [0, 0.05) is 53.0 Å². The quantitative estimate of drug-likeness (QED) is 0.196. The van der Waals surface area contributed by atoms with E-state index in [1.54, 1.807) is 19.0 Å². The van der Waals surface area contributed by atoms with Crippen molar-refractivity contribution in [1.29, 1.82) is 0 Å². The van der Waals surface area contributed by atoms with Crippen LogP contribution in [-0.4, -0.2) is 98.0 Å². The maximum atomic E-state index is 11.9. The largest absolute Gasteiger partial charge is 0.379 e. The highest BCUT2D eigenvalue weighted by molar-refractivity contribution is 14.0. The third kappa shape index (κ3) is 9.73. The molecular weight excluding hydrogens is 509 g/mol. The summed E-state index contributed by atoms with van der Waals surface area (Å²) in [6.45, 7) is 10.6. The zero-order valence-electron chi connectivity index (χ0n) is 19.7. The number of rotatable bonds is 10. The summed E-state index contributed by atoms with van der Waals surface area (Å²) < 4.78 is 7.33. The predicted molar refractivity (Wildman–Crippen MR) is 135 cm³/mol. The van der Waals surface area contributed by atoms with E-state index < -0.39 is 0 Å². The van der Waals surface area contributed by atoms with Gasteiger partial charge in [0.15, 0.2) is 5.96 Å². The van der Waals surface area contributed by atoms with Crippen molar-refractivity contribution in [2.24, 2.45) is 12.0 Å². The summed E-state index contributed by atoms with van der Waals surface area (Å²) in [5, 5.41) is 11.2. The smallest absolute Gasteiger partial charge is 0.243 e. The molecule has 0 bridgehead atoms. The van der Waals surface area contributed by atoms with Gasteiger partial charge in [-0.1, -0.05) is 0 Å². The summed E-state index contributed by atoms with van der Waals surface area (Å²) in [6, 6.07) is 0. The molecule has 0 atom stereocenters. The molecule has 10 heteroatoms. The molecule has 2 rings (SSSR count). The highest BCUT2D eigenvalue weighted by atomic mass is 127. The Balaban J connectivity index is 0.00000480. The highest BCUT2D eigenvalue weighted by Gasteiger charge is 2.11. The van der Waals surface area contributed by atoms with Crippen LogP contribution in [0.25, 0.3) is 0 Å².